The third kappa shape index (κ3) is 3.64. The summed E-state index contributed by atoms with van der Waals surface area (Å²) in [4.78, 5) is 39.7. The molecular formula is C19H24N4O5. The van der Waals surface area contributed by atoms with Gasteiger partial charge >= 0.3 is 5.97 Å². The molecule has 2 amide bonds. The Labute approximate surface area is 162 Å². The number of nitrogens with zero attached hydrogens (tertiary/aromatic N) is 4. The van der Waals surface area contributed by atoms with Gasteiger partial charge in [0.1, 0.15) is 17.1 Å². The fraction of sp³-hybridized carbons (Fsp3) is 0.474. The van der Waals surface area contributed by atoms with E-state index in [0.29, 0.717) is 24.4 Å². The summed E-state index contributed by atoms with van der Waals surface area (Å²) in [5, 5.41) is 13.3. The second-order valence-electron chi connectivity index (χ2n) is 7.22. The summed E-state index contributed by atoms with van der Waals surface area (Å²) in [6.07, 6.45) is 4.24. The average Bonchev–Trinajstić information content (AvgIpc) is 3.22. The van der Waals surface area contributed by atoms with Gasteiger partial charge in [-0.1, -0.05) is 0 Å². The highest BCUT2D eigenvalue weighted by Crippen LogP contribution is 2.36. The lowest BCUT2D eigenvalue weighted by Gasteiger charge is -2.39. The molecule has 2 atom stereocenters. The number of aromatic carboxylic acids is 1. The maximum absolute atomic E-state index is 13.2. The maximum Gasteiger partial charge on any atom is 0.339 e. The first-order chi connectivity index (χ1) is 13.2. The second kappa shape index (κ2) is 7.49. The van der Waals surface area contributed by atoms with E-state index in [9.17, 15) is 14.4 Å². The van der Waals surface area contributed by atoms with Crippen molar-refractivity contribution in [1.29, 1.82) is 0 Å². The zero-order valence-electron chi connectivity index (χ0n) is 16.4. The molecule has 1 fully saturated rings. The Hall–Kier alpha value is -3.10. The molecule has 1 N–H and O–H groups in total. The minimum Gasteiger partial charge on any atom is -0.478 e. The predicted octanol–water partition coefficient (Wildman–Crippen LogP) is 1.59. The smallest absolute Gasteiger partial charge is 0.339 e. The van der Waals surface area contributed by atoms with Crippen molar-refractivity contribution in [3.05, 3.63) is 41.1 Å². The number of carboxylic acids is 1. The van der Waals surface area contributed by atoms with E-state index in [0.717, 1.165) is 5.56 Å². The molecule has 1 aliphatic rings. The highest BCUT2D eigenvalue weighted by molar-refractivity contribution is 5.89. The van der Waals surface area contributed by atoms with Crippen molar-refractivity contribution in [3.8, 4) is 0 Å². The quantitative estimate of drug-likeness (QED) is 0.833. The molecule has 1 saturated heterocycles. The van der Waals surface area contributed by atoms with E-state index in [-0.39, 0.29) is 23.9 Å². The summed E-state index contributed by atoms with van der Waals surface area (Å²) in [7, 11) is 5.14. The number of furan rings is 1. The van der Waals surface area contributed by atoms with Crippen LogP contribution >= 0.6 is 0 Å². The molecule has 0 spiro atoms. The molecule has 2 aromatic rings. The van der Waals surface area contributed by atoms with Crippen molar-refractivity contribution in [2.75, 3.05) is 14.1 Å². The van der Waals surface area contributed by atoms with E-state index < -0.39 is 17.9 Å². The Morgan fingerprint density at radius 1 is 1.39 bits per heavy atom. The molecule has 3 rings (SSSR count). The normalized spacial score (nSPS) is 19.7. The molecular weight excluding hydrogens is 364 g/mol. The van der Waals surface area contributed by atoms with Crippen LogP contribution in [0, 0.1) is 12.8 Å². The molecule has 0 radical (unpaired) electrons. The van der Waals surface area contributed by atoms with E-state index >= 15 is 0 Å². The van der Waals surface area contributed by atoms with Gasteiger partial charge < -0.3 is 19.3 Å². The summed E-state index contributed by atoms with van der Waals surface area (Å²) in [5.74, 6) is -0.895. The number of hydrogen-bond acceptors (Lipinski definition) is 5. The Morgan fingerprint density at radius 3 is 2.68 bits per heavy atom. The van der Waals surface area contributed by atoms with Gasteiger partial charge in [0.15, 0.2) is 0 Å². The van der Waals surface area contributed by atoms with Gasteiger partial charge in [-0.2, -0.15) is 5.10 Å². The highest BCUT2D eigenvalue weighted by Gasteiger charge is 2.40. The number of piperidine rings is 1. The number of likely N-dealkylation sites (tertiary alicyclic amines) is 1. The monoisotopic (exact) mass is 388 g/mol. The number of carbonyl (C=O) groups excluding carboxylic acids is 2. The number of carboxylic acid groups (broad SMARTS) is 1. The highest BCUT2D eigenvalue weighted by atomic mass is 16.4. The Bertz CT molecular complexity index is 915. The largest absolute Gasteiger partial charge is 0.478 e. The van der Waals surface area contributed by atoms with Gasteiger partial charge in [0, 0.05) is 39.3 Å². The Balaban J connectivity index is 1.81. The third-order valence-corrected chi connectivity index (χ3v) is 5.21. The molecule has 150 valence electrons. The molecule has 0 aromatic carbocycles. The molecule has 0 saturated carbocycles. The molecule has 3 heterocycles. The number of aromatic nitrogens is 2. The lowest BCUT2D eigenvalue weighted by atomic mass is 9.84. The lowest BCUT2D eigenvalue weighted by Crippen LogP contribution is -2.46. The van der Waals surface area contributed by atoms with Crippen LogP contribution in [0.5, 0.6) is 0 Å². The molecule has 9 heteroatoms. The van der Waals surface area contributed by atoms with Crippen LogP contribution in [0.4, 0.5) is 0 Å². The van der Waals surface area contributed by atoms with Crippen molar-refractivity contribution in [2.45, 2.75) is 32.4 Å². The SMILES string of the molecule is Cc1oc(CN(C)C(=O)[C@@H]2CCC(=O)N(C)[C@@H]2c2cnn(C)c2)cc1C(=O)O. The van der Waals surface area contributed by atoms with Crippen LogP contribution < -0.4 is 0 Å². The van der Waals surface area contributed by atoms with Gasteiger partial charge in [0.2, 0.25) is 11.8 Å². The van der Waals surface area contributed by atoms with Crippen molar-refractivity contribution in [1.82, 2.24) is 19.6 Å². The van der Waals surface area contributed by atoms with Crippen LogP contribution in [0.25, 0.3) is 0 Å². The van der Waals surface area contributed by atoms with Crippen LogP contribution in [0.3, 0.4) is 0 Å². The first-order valence-corrected chi connectivity index (χ1v) is 9.00. The Kier molecular flexibility index (Phi) is 5.26. The number of carbonyl (C=O) groups is 3. The van der Waals surface area contributed by atoms with Crippen LogP contribution in [0.15, 0.2) is 22.9 Å². The minimum absolute atomic E-state index is 0.00619. The van der Waals surface area contributed by atoms with Crippen molar-refractivity contribution >= 4 is 17.8 Å². The molecule has 0 aliphatic carbocycles. The summed E-state index contributed by atoms with van der Waals surface area (Å²) >= 11 is 0. The lowest BCUT2D eigenvalue weighted by molar-refractivity contribution is -0.146. The van der Waals surface area contributed by atoms with E-state index in [1.807, 2.05) is 6.20 Å². The molecule has 28 heavy (non-hydrogen) atoms. The van der Waals surface area contributed by atoms with Gasteiger partial charge in [-0.3, -0.25) is 14.3 Å². The zero-order valence-corrected chi connectivity index (χ0v) is 16.4. The number of aryl methyl sites for hydroxylation is 2. The average molecular weight is 388 g/mol. The van der Waals surface area contributed by atoms with Gasteiger partial charge in [0.05, 0.1) is 24.7 Å². The van der Waals surface area contributed by atoms with E-state index in [1.165, 1.54) is 11.0 Å². The molecule has 2 aromatic heterocycles. The fourth-order valence-corrected chi connectivity index (χ4v) is 3.77. The van der Waals surface area contributed by atoms with Crippen molar-refractivity contribution in [3.63, 3.8) is 0 Å². The number of hydrogen-bond donors (Lipinski definition) is 1. The Morgan fingerprint density at radius 2 is 2.11 bits per heavy atom. The van der Waals surface area contributed by atoms with Crippen molar-refractivity contribution in [2.24, 2.45) is 13.0 Å². The molecule has 0 bridgehead atoms. The van der Waals surface area contributed by atoms with Crippen LogP contribution in [-0.4, -0.2) is 56.6 Å². The maximum atomic E-state index is 13.2. The van der Waals surface area contributed by atoms with E-state index in [4.69, 9.17) is 9.52 Å². The number of amides is 2. The van der Waals surface area contributed by atoms with Gasteiger partial charge in [0.25, 0.3) is 0 Å². The second-order valence-corrected chi connectivity index (χ2v) is 7.22. The summed E-state index contributed by atoms with van der Waals surface area (Å²) in [5.41, 5.74) is 0.902. The van der Waals surface area contributed by atoms with Gasteiger partial charge in [-0.15, -0.1) is 0 Å². The molecule has 9 nitrogen and oxygen atoms in total. The molecule has 0 unspecified atom stereocenters. The number of rotatable bonds is 5. The third-order valence-electron chi connectivity index (χ3n) is 5.21. The summed E-state index contributed by atoms with van der Waals surface area (Å²) in [6.45, 7) is 1.73. The fourth-order valence-electron chi connectivity index (χ4n) is 3.77. The van der Waals surface area contributed by atoms with E-state index in [2.05, 4.69) is 5.10 Å². The van der Waals surface area contributed by atoms with Crippen LogP contribution in [-0.2, 0) is 23.2 Å². The summed E-state index contributed by atoms with van der Waals surface area (Å²) in [6, 6.07) is 1.05. The predicted molar refractivity (Wildman–Crippen MR) is 98.3 cm³/mol. The van der Waals surface area contributed by atoms with Gasteiger partial charge in [-0.25, -0.2) is 4.79 Å². The van der Waals surface area contributed by atoms with Crippen molar-refractivity contribution < 1.29 is 23.9 Å². The summed E-state index contributed by atoms with van der Waals surface area (Å²) < 4.78 is 7.13. The standard InChI is InChI=1S/C19H24N4O5/c1-11-15(19(26)27)7-13(28-11)10-21(2)18(25)14-5-6-16(24)23(4)17(14)12-8-20-22(3)9-12/h7-9,14,17H,5-6,10H2,1-4H3,(H,26,27)/t14-,17-/m1/s1. The van der Waals surface area contributed by atoms with Crippen LogP contribution in [0.2, 0.25) is 0 Å². The first-order valence-electron chi connectivity index (χ1n) is 9.00. The minimum atomic E-state index is -1.06. The first kappa shape index (κ1) is 19.7. The molecule has 1 aliphatic heterocycles. The van der Waals surface area contributed by atoms with Crippen LogP contribution in [0.1, 0.15) is 46.3 Å². The van der Waals surface area contributed by atoms with E-state index in [1.54, 1.807) is 43.8 Å². The van der Waals surface area contributed by atoms with Gasteiger partial charge in [-0.05, 0) is 19.4 Å². The topological polar surface area (TPSA) is 109 Å². The zero-order chi connectivity index (χ0) is 20.6.